The van der Waals surface area contributed by atoms with E-state index < -0.39 is 50.1 Å². The third-order valence-corrected chi connectivity index (χ3v) is 3.11. The Balaban J connectivity index is 3.62. The number of benzene rings is 1. The van der Waals surface area contributed by atoms with Crippen LogP contribution in [-0.2, 0) is 12.4 Å². The van der Waals surface area contributed by atoms with Crippen molar-refractivity contribution in [1.29, 1.82) is 0 Å². The van der Waals surface area contributed by atoms with Crippen molar-refractivity contribution in [2.45, 2.75) is 22.8 Å². The number of halogens is 10. The lowest BCUT2D eigenvalue weighted by molar-refractivity contribution is -0.163. The first-order valence-corrected chi connectivity index (χ1v) is 6.06. The molecule has 0 atom stereocenters. The molecule has 0 N–H and O–H groups in total. The molecule has 1 rings (SSSR count). The summed E-state index contributed by atoms with van der Waals surface area (Å²) in [4.78, 5) is -1.56. The Kier molecular flexibility index (Phi) is 4.65. The lowest BCUT2D eigenvalue weighted by Gasteiger charge is -2.20. The molecular formula is C9H2BrF9S. The summed E-state index contributed by atoms with van der Waals surface area (Å²) >= 11 is 1.21. The lowest BCUT2D eigenvalue weighted by atomic mass is 10.1. The first-order valence-electron chi connectivity index (χ1n) is 4.45. The maximum Gasteiger partial charge on any atom is 0.446 e. The van der Waals surface area contributed by atoms with Gasteiger partial charge < -0.3 is 0 Å². The molecule has 11 heteroatoms. The third kappa shape index (κ3) is 4.47. The van der Waals surface area contributed by atoms with Crippen molar-refractivity contribution in [3.63, 3.8) is 0 Å². The topological polar surface area (TPSA) is 0 Å². The van der Waals surface area contributed by atoms with Gasteiger partial charge in [-0.1, -0.05) is 15.9 Å². The molecule has 0 aliphatic carbocycles. The Labute approximate surface area is 118 Å². The van der Waals surface area contributed by atoms with Crippen molar-refractivity contribution in [1.82, 2.24) is 0 Å². The summed E-state index contributed by atoms with van der Waals surface area (Å²) in [5.41, 5.74) is -9.68. The van der Waals surface area contributed by atoms with Crippen LogP contribution in [0.1, 0.15) is 11.1 Å². The fourth-order valence-electron chi connectivity index (χ4n) is 1.30. The SMILES string of the molecule is FC(F)(F)Sc1cc(Br)cc(C(F)(F)F)c1C(F)(F)F. The van der Waals surface area contributed by atoms with E-state index in [-0.39, 0.29) is 6.07 Å². The lowest BCUT2D eigenvalue weighted by Crippen LogP contribution is -2.18. The molecule has 0 amide bonds. The van der Waals surface area contributed by atoms with Gasteiger partial charge in [0, 0.05) is 9.37 Å². The van der Waals surface area contributed by atoms with Gasteiger partial charge in [0.2, 0.25) is 0 Å². The van der Waals surface area contributed by atoms with Gasteiger partial charge in [0.05, 0.1) is 11.1 Å². The minimum atomic E-state index is -5.57. The van der Waals surface area contributed by atoms with Crippen molar-refractivity contribution in [2.24, 2.45) is 0 Å². The normalized spacial score (nSPS) is 13.7. The molecule has 1 aromatic carbocycles. The molecule has 0 saturated carbocycles. The summed E-state index contributed by atoms with van der Waals surface area (Å²) in [6, 6.07) is 0.430. The molecule has 0 fully saturated rings. The van der Waals surface area contributed by atoms with Crippen LogP contribution in [-0.4, -0.2) is 5.51 Å². The summed E-state index contributed by atoms with van der Waals surface area (Å²) in [6.45, 7) is 0. The van der Waals surface area contributed by atoms with Gasteiger partial charge in [0.15, 0.2) is 0 Å². The predicted molar refractivity (Wildman–Crippen MR) is 56.1 cm³/mol. The Morgan fingerprint density at radius 1 is 0.800 bits per heavy atom. The van der Waals surface area contributed by atoms with Gasteiger partial charge >= 0.3 is 17.9 Å². The summed E-state index contributed by atoms with van der Waals surface area (Å²) < 4.78 is 112. The molecule has 0 aliphatic heterocycles. The molecule has 0 radical (unpaired) electrons. The van der Waals surface area contributed by atoms with E-state index in [1.54, 1.807) is 0 Å². The van der Waals surface area contributed by atoms with Crippen molar-refractivity contribution >= 4 is 27.7 Å². The van der Waals surface area contributed by atoms with Crippen LogP contribution in [0.3, 0.4) is 0 Å². The monoisotopic (exact) mass is 392 g/mol. The molecule has 0 saturated heterocycles. The maximum absolute atomic E-state index is 12.7. The summed E-state index contributed by atoms with van der Waals surface area (Å²) in [5, 5.41) is 0. The highest BCUT2D eigenvalue weighted by molar-refractivity contribution is 9.10. The van der Waals surface area contributed by atoms with Crippen LogP contribution >= 0.6 is 27.7 Å². The van der Waals surface area contributed by atoms with Gasteiger partial charge in [-0.2, -0.15) is 39.5 Å². The highest BCUT2D eigenvalue weighted by atomic mass is 79.9. The zero-order valence-electron chi connectivity index (χ0n) is 8.84. The van der Waals surface area contributed by atoms with Crippen LogP contribution in [0.15, 0.2) is 21.5 Å². The Morgan fingerprint density at radius 2 is 1.30 bits per heavy atom. The molecule has 0 unspecified atom stereocenters. The van der Waals surface area contributed by atoms with E-state index >= 15 is 0 Å². The number of alkyl halides is 9. The van der Waals surface area contributed by atoms with E-state index in [9.17, 15) is 39.5 Å². The molecule has 0 bridgehead atoms. The van der Waals surface area contributed by atoms with Crippen LogP contribution < -0.4 is 0 Å². The second kappa shape index (κ2) is 5.32. The number of rotatable bonds is 1. The van der Waals surface area contributed by atoms with Crippen LogP contribution in [0.4, 0.5) is 39.5 Å². The van der Waals surface area contributed by atoms with Crippen LogP contribution in [0.5, 0.6) is 0 Å². The zero-order chi connectivity index (χ0) is 15.9. The Morgan fingerprint density at radius 3 is 1.65 bits per heavy atom. The van der Waals surface area contributed by atoms with Gasteiger partial charge in [-0.05, 0) is 23.9 Å². The number of hydrogen-bond donors (Lipinski definition) is 0. The summed E-state index contributed by atoms with van der Waals surface area (Å²) in [6.07, 6.45) is -11.0. The molecule has 0 aromatic heterocycles. The van der Waals surface area contributed by atoms with E-state index in [0.29, 0.717) is 6.07 Å². The highest BCUT2D eigenvalue weighted by Crippen LogP contribution is 2.49. The highest BCUT2D eigenvalue weighted by Gasteiger charge is 2.47. The molecule has 0 aliphatic rings. The molecule has 0 heterocycles. The van der Waals surface area contributed by atoms with Crippen LogP contribution in [0.25, 0.3) is 0 Å². The van der Waals surface area contributed by atoms with Crippen molar-refractivity contribution in [3.05, 3.63) is 27.7 Å². The van der Waals surface area contributed by atoms with E-state index in [1.165, 1.54) is 0 Å². The van der Waals surface area contributed by atoms with Crippen LogP contribution in [0.2, 0.25) is 0 Å². The fraction of sp³-hybridized carbons (Fsp3) is 0.333. The van der Waals surface area contributed by atoms with Crippen LogP contribution in [0, 0.1) is 0 Å². The molecule has 1 aromatic rings. The minimum Gasteiger partial charge on any atom is -0.166 e. The zero-order valence-corrected chi connectivity index (χ0v) is 11.2. The average Bonchev–Trinajstić information content (AvgIpc) is 2.09. The standard InChI is InChI=1S/C9H2BrF9S/c10-3-1-4(7(11,12)13)6(8(14,15)16)5(2-3)20-9(17,18)19/h1-2H. The molecule has 0 spiro atoms. The molecule has 0 nitrogen and oxygen atoms in total. The summed E-state index contributed by atoms with van der Waals surface area (Å²) in [7, 11) is 0. The van der Waals surface area contributed by atoms with E-state index in [1.807, 2.05) is 0 Å². The Bertz CT molecular complexity index is 500. The van der Waals surface area contributed by atoms with E-state index in [0.717, 1.165) is 0 Å². The van der Waals surface area contributed by atoms with Crippen molar-refractivity contribution in [2.75, 3.05) is 0 Å². The van der Waals surface area contributed by atoms with Crippen molar-refractivity contribution < 1.29 is 39.5 Å². The van der Waals surface area contributed by atoms with Gasteiger partial charge in [-0.25, -0.2) is 0 Å². The molecule has 114 valence electrons. The van der Waals surface area contributed by atoms with Crippen molar-refractivity contribution in [3.8, 4) is 0 Å². The third-order valence-electron chi connectivity index (χ3n) is 1.88. The Hall–Kier alpha value is -0.580. The van der Waals surface area contributed by atoms with Gasteiger partial charge in [-0.15, -0.1) is 0 Å². The maximum atomic E-state index is 12.7. The first-order chi connectivity index (χ1) is 8.72. The first kappa shape index (κ1) is 17.5. The second-order valence-corrected chi connectivity index (χ2v) is 5.39. The smallest absolute Gasteiger partial charge is 0.166 e. The van der Waals surface area contributed by atoms with Gasteiger partial charge in [0.25, 0.3) is 0 Å². The predicted octanol–water partition coefficient (Wildman–Crippen LogP) is 6.10. The molecular weight excluding hydrogens is 391 g/mol. The minimum absolute atomic E-state index is 0.0866. The fourth-order valence-corrected chi connectivity index (χ4v) is 2.68. The van der Waals surface area contributed by atoms with E-state index in [4.69, 9.17) is 0 Å². The van der Waals surface area contributed by atoms with Gasteiger partial charge in [-0.3, -0.25) is 0 Å². The second-order valence-electron chi connectivity index (χ2n) is 3.37. The largest absolute Gasteiger partial charge is 0.446 e. The average molecular weight is 393 g/mol. The number of thioether (sulfide) groups is 1. The quantitative estimate of drug-likeness (QED) is 0.411. The van der Waals surface area contributed by atoms with Gasteiger partial charge in [0.1, 0.15) is 0 Å². The molecule has 20 heavy (non-hydrogen) atoms. The summed E-state index contributed by atoms with van der Waals surface area (Å²) in [5.74, 6) is 0. The van der Waals surface area contributed by atoms with E-state index in [2.05, 4.69) is 15.9 Å². The number of hydrogen-bond acceptors (Lipinski definition) is 1.